The molecule has 0 aliphatic heterocycles. The molecule has 5 nitrogen and oxygen atoms in total. The first-order valence-corrected chi connectivity index (χ1v) is 7.37. The Bertz CT molecular complexity index is 316. The van der Waals surface area contributed by atoms with E-state index in [-0.39, 0.29) is 35.8 Å². The fraction of sp³-hybridized carbons (Fsp3) is 0.857. The minimum Gasteiger partial charge on any atom is -0.357 e. The van der Waals surface area contributed by atoms with Crippen LogP contribution in [-0.4, -0.2) is 37.5 Å². The summed E-state index contributed by atoms with van der Waals surface area (Å²) >= 11 is 0. The summed E-state index contributed by atoms with van der Waals surface area (Å²) in [6.07, 6.45) is 2.09. The molecule has 0 heterocycles. The predicted molar refractivity (Wildman–Crippen MR) is 94.6 cm³/mol. The maximum Gasteiger partial charge on any atom is 0.223 e. The third kappa shape index (κ3) is 7.91. The fourth-order valence-corrected chi connectivity index (χ4v) is 1.54. The first-order valence-electron chi connectivity index (χ1n) is 7.37. The first-order chi connectivity index (χ1) is 9.04. The molecule has 1 aliphatic rings. The lowest BCUT2D eigenvalue weighted by molar-refractivity contribution is -0.122. The molecule has 1 amide bonds. The van der Waals surface area contributed by atoms with Gasteiger partial charge in [-0.25, -0.2) is 0 Å². The van der Waals surface area contributed by atoms with E-state index in [1.54, 1.807) is 0 Å². The van der Waals surface area contributed by atoms with Gasteiger partial charge in [0.25, 0.3) is 0 Å². The van der Waals surface area contributed by atoms with E-state index < -0.39 is 0 Å². The lowest BCUT2D eigenvalue weighted by Crippen LogP contribution is -2.44. The van der Waals surface area contributed by atoms with Crippen LogP contribution in [0, 0.1) is 11.8 Å². The number of hydrogen-bond donors (Lipinski definition) is 3. The summed E-state index contributed by atoms with van der Waals surface area (Å²) in [7, 11) is 0. The van der Waals surface area contributed by atoms with E-state index in [1.165, 1.54) is 0 Å². The number of aliphatic imine (C=N–C) groups is 1. The third-order valence-corrected chi connectivity index (χ3v) is 3.34. The van der Waals surface area contributed by atoms with Gasteiger partial charge in [0.15, 0.2) is 5.96 Å². The van der Waals surface area contributed by atoms with Gasteiger partial charge in [-0.15, -0.1) is 24.0 Å². The lowest BCUT2D eigenvalue weighted by Gasteiger charge is -2.20. The summed E-state index contributed by atoms with van der Waals surface area (Å²) in [5, 5.41) is 9.50. The van der Waals surface area contributed by atoms with Gasteiger partial charge in [-0.1, -0.05) is 13.8 Å². The minimum absolute atomic E-state index is 0. The van der Waals surface area contributed by atoms with Gasteiger partial charge in [0, 0.05) is 25.0 Å². The van der Waals surface area contributed by atoms with E-state index in [1.807, 2.05) is 6.92 Å². The van der Waals surface area contributed by atoms with Gasteiger partial charge in [-0.3, -0.25) is 9.79 Å². The van der Waals surface area contributed by atoms with Crippen LogP contribution in [0.25, 0.3) is 0 Å². The van der Waals surface area contributed by atoms with E-state index in [4.69, 9.17) is 0 Å². The van der Waals surface area contributed by atoms with Crippen LogP contribution in [0.15, 0.2) is 4.99 Å². The van der Waals surface area contributed by atoms with Crippen molar-refractivity contribution >= 4 is 35.8 Å². The summed E-state index contributed by atoms with van der Waals surface area (Å²) in [6.45, 7) is 10.6. The number of nitrogens with zero attached hydrogens (tertiary/aromatic N) is 1. The van der Waals surface area contributed by atoms with Gasteiger partial charge in [0.05, 0.1) is 6.54 Å². The quantitative estimate of drug-likeness (QED) is 0.266. The Labute approximate surface area is 139 Å². The average Bonchev–Trinajstić information content (AvgIpc) is 3.18. The number of rotatable bonds is 7. The normalized spacial score (nSPS) is 16.4. The summed E-state index contributed by atoms with van der Waals surface area (Å²) in [5.41, 5.74) is 0. The molecule has 1 aliphatic carbocycles. The Hall–Kier alpha value is -0.530. The number of carbonyl (C=O) groups is 1. The molecule has 1 saturated carbocycles. The summed E-state index contributed by atoms with van der Waals surface area (Å²) in [4.78, 5) is 15.9. The van der Waals surface area contributed by atoms with Crippen molar-refractivity contribution in [3.8, 4) is 0 Å². The number of hydrogen-bond acceptors (Lipinski definition) is 2. The van der Waals surface area contributed by atoms with Gasteiger partial charge in [-0.05, 0) is 32.6 Å². The zero-order valence-electron chi connectivity index (χ0n) is 13.0. The molecule has 20 heavy (non-hydrogen) atoms. The maximum absolute atomic E-state index is 11.5. The van der Waals surface area contributed by atoms with Crippen molar-refractivity contribution in [1.82, 2.24) is 16.0 Å². The molecule has 0 aromatic carbocycles. The monoisotopic (exact) mass is 396 g/mol. The number of carbonyl (C=O) groups excluding carboxylic acids is 1. The SMILES string of the molecule is CCNC(=NCCNC(=O)C1CC1)NC(C)C(C)C.I. The van der Waals surface area contributed by atoms with Crippen LogP contribution in [0.3, 0.4) is 0 Å². The molecule has 1 unspecified atom stereocenters. The van der Waals surface area contributed by atoms with E-state index in [9.17, 15) is 4.79 Å². The highest BCUT2D eigenvalue weighted by Crippen LogP contribution is 2.28. The van der Waals surface area contributed by atoms with E-state index in [0.29, 0.717) is 25.0 Å². The van der Waals surface area contributed by atoms with Gasteiger partial charge >= 0.3 is 0 Å². The number of halogens is 1. The van der Waals surface area contributed by atoms with Crippen molar-refractivity contribution in [2.75, 3.05) is 19.6 Å². The Balaban J connectivity index is 0.00000361. The molecule has 6 heteroatoms. The molecule has 0 aromatic heterocycles. The second kappa shape index (κ2) is 10.2. The smallest absolute Gasteiger partial charge is 0.223 e. The molecule has 1 rings (SSSR count). The molecule has 0 spiro atoms. The van der Waals surface area contributed by atoms with Gasteiger partial charge in [0.2, 0.25) is 5.91 Å². The van der Waals surface area contributed by atoms with Crippen LogP contribution in [0.2, 0.25) is 0 Å². The number of guanidine groups is 1. The van der Waals surface area contributed by atoms with Crippen LogP contribution in [0.4, 0.5) is 0 Å². The first kappa shape index (κ1) is 19.5. The van der Waals surface area contributed by atoms with Crippen molar-refractivity contribution in [2.45, 2.75) is 46.6 Å². The molecule has 0 aromatic rings. The predicted octanol–water partition coefficient (Wildman–Crippen LogP) is 1.73. The minimum atomic E-state index is 0. The zero-order chi connectivity index (χ0) is 14.3. The van der Waals surface area contributed by atoms with Gasteiger partial charge in [0.1, 0.15) is 0 Å². The van der Waals surface area contributed by atoms with Crippen molar-refractivity contribution in [1.29, 1.82) is 0 Å². The Morgan fingerprint density at radius 1 is 1.25 bits per heavy atom. The fourth-order valence-electron chi connectivity index (χ4n) is 1.54. The largest absolute Gasteiger partial charge is 0.357 e. The van der Waals surface area contributed by atoms with Crippen LogP contribution in [0.5, 0.6) is 0 Å². The maximum atomic E-state index is 11.5. The molecule has 1 atom stereocenters. The molecule has 3 N–H and O–H groups in total. The molecule has 0 bridgehead atoms. The highest BCUT2D eigenvalue weighted by atomic mass is 127. The topological polar surface area (TPSA) is 65.5 Å². The average molecular weight is 396 g/mol. The second-order valence-corrected chi connectivity index (χ2v) is 5.50. The van der Waals surface area contributed by atoms with Crippen LogP contribution < -0.4 is 16.0 Å². The summed E-state index contributed by atoms with van der Waals surface area (Å²) in [5.74, 6) is 1.84. The Morgan fingerprint density at radius 3 is 2.40 bits per heavy atom. The highest BCUT2D eigenvalue weighted by molar-refractivity contribution is 14.0. The van der Waals surface area contributed by atoms with Crippen LogP contribution >= 0.6 is 24.0 Å². The third-order valence-electron chi connectivity index (χ3n) is 3.34. The van der Waals surface area contributed by atoms with Gasteiger partial charge in [-0.2, -0.15) is 0 Å². The Morgan fingerprint density at radius 2 is 1.90 bits per heavy atom. The van der Waals surface area contributed by atoms with Gasteiger partial charge < -0.3 is 16.0 Å². The highest BCUT2D eigenvalue weighted by Gasteiger charge is 2.28. The van der Waals surface area contributed by atoms with Crippen LogP contribution in [0.1, 0.15) is 40.5 Å². The molecule has 1 fully saturated rings. The number of nitrogens with one attached hydrogen (secondary N) is 3. The molecule has 118 valence electrons. The Kier molecular flexibility index (Phi) is 9.96. The van der Waals surface area contributed by atoms with Crippen molar-refractivity contribution in [2.24, 2.45) is 16.8 Å². The number of amides is 1. The standard InChI is InChI=1S/C14H28N4O.HI/c1-5-15-14(18-11(4)10(2)3)17-9-8-16-13(19)12-6-7-12;/h10-12H,5-9H2,1-4H3,(H,16,19)(H2,15,17,18);1H. The summed E-state index contributed by atoms with van der Waals surface area (Å²) in [6, 6.07) is 0.374. The van der Waals surface area contributed by atoms with E-state index in [0.717, 1.165) is 25.3 Å². The molecule has 0 radical (unpaired) electrons. The molecular weight excluding hydrogens is 367 g/mol. The van der Waals surface area contributed by atoms with Crippen molar-refractivity contribution in [3.63, 3.8) is 0 Å². The van der Waals surface area contributed by atoms with E-state index in [2.05, 4.69) is 41.7 Å². The lowest BCUT2D eigenvalue weighted by atomic mass is 10.1. The van der Waals surface area contributed by atoms with Crippen molar-refractivity contribution in [3.05, 3.63) is 0 Å². The molecular formula is C14H29IN4O. The van der Waals surface area contributed by atoms with Crippen molar-refractivity contribution < 1.29 is 4.79 Å². The summed E-state index contributed by atoms with van der Waals surface area (Å²) < 4.78 is 0. The molecule has 0 saturated heterocycles. The second-order valence-electron chi connectivity index (χ2n) is 5.50. The van der Waals surface area contributed by atoms with Crippen LogP contribution in [-0.2, 0) is 4.79 Å². The zero-order valence-corrected chi connectivity index (χ0v) is 15.4. The van der Waals surface area contributed by atoms with E-state index >= 15 is 0 Å².